The third-order valence-corrected chi connectivity index (χ3v) is 4.20. The lowest BCUT2D eigenvalue weighted by Gasteiger charge is -2.19. The molecule has 1 aromatic rings. The van der Waals surface area contributed by atoms with E-state index >= 15 is 0 Å². The molecule has 0 amide bonds. The van der Waals surface area contributed by atoms with E-state index in [9.17, 15) is 9.59 Å². The smallest absolute Gasteiger partial charge is 0.348 e. The maximum atomic E-state index is 12.1. The summed E-state index contributed by atoms with van der Waals surface area (Å²) < 4.78 is 1.68. The van der Waals surface area contributed by atoms with Gasteiger partial charge in [-0.1, -0.05) is 0 Å². The SMILES string of the molecule is Cc1nc(=O)n(CCN2CCCC2)c(C)c1CCC(=O)O. The van der Waals surface area contributed by atoms with Crippen LogP contribution in [0.5, 0.6) is 0 Å². The van der Waals surface area contributed by atoms with Gasteiger partial charge in [0.2, 0.25) is 0 Å². The summed E-state index contributed by atoms with van der Waals surface area (Å²) in [6, 6.07) is 0. The first-order valence-corrected chi connectivity index (χ1v) is 7.50. The number of carboxylic acid groups (broad SMARTS) is 1. The van der Waals surface area contributed by atoms with Crippen molar-refractivity contribution in [2.24, 2.45) is 0 Å². The van der Waals surface area contributed by atoms with Crippen molar-refractivity contribution in [3.05, 3.63) is 27.4 Å². The lowest BCUT2D eigenvalue weighted by atomic mass is 10.1. The zero-order valence-corrected chi connectivity index (χ0v) is 12.8. The predicted octanol–water partition coefficient (Wildman–Crippen LogP) is 0.973. The summed E-state index contributed by atoms with van der Waals surface area (Å²) in [6.07, 6.45) is 2.94. The summed E-state index contributed by atoms with van der Waals surface area (Å²) in [5, 5.41) is 8.83. The molecule has 1 saturated heterocycles. The molecule has 1 fully saturated rings. The molecule has 2 rings (SSSR count). The summed E-state index contributed by atoms with van der Waals surface area (Å²) in [6.45, 7) is 7.33. The van der Waals surface area contributed by atoms with E-state index in [-0.39, 0.29) is 12.1 Å². The molecule has 0 atom stereocenters. The molecule has 0 bridgehead atoms. The lowest BCUT2D eigenvalue weighted by molar-refractivity contribution is -0.136. The van der Waals surface area contributed by atoms with Crippen molar-refractivity contribution in [3.63, 3.8) is 0 Å². The Hall–Kier alpha value is -1.69. The van der Waals surface area contributed by atoms with Gasteiger partial charge in [-0.2, -0.15) is 4.98 Å². The maximum absolute atomic E-state index is 12.1. The summed E-state index contributed by atoms with van der Waals surface area (Å²) >= 11 is 0. The van der Waals surface area contributed by atoms with Crippen LogP contribution in [0.25, 0.3) is 0 Å². The van der Waals surface area contributed by atoms with Crippen LogP contribution in [0.3, 0.4) is 0 Å². The quantitative estimate of drug-likeness (QED) is 0.846. The van der Waals surface area contributed by atoms with Crippen molar-refractivity contribution >= 4 is 5.97 Å². The van der Waals surface area contributed by atoms with Gasteiger partial charge in [0.05, 0.1) is 0 Å². The zero-order chi connectivity index (χ0) is 15.4. The van der Waals surface area contributed by atoms with Gasteiger partial charge < -0.3 is 10.0 Å². The molecule has 1 aliphatic rings. The monoisotopic (exact) mass is 293 g/mol. The Morgan fingerprint density at radius 2 is 1.90 bits per heavy atom. The number of aromatic nitrogens is 2. The molecule has 0 saturated carbocycles. The number of nitrogens with zero attached hydrogens (tertiary/aromatic N) is 3. The highest BCUT2D eigenvalue weighted by Gasteiger charge is 2.15. The van der Waals surface area contributed by atoms with E-state index in [1.807, 2.05) is 6.92 Å². The zero-order valence-electron chi connectivity index (χ0n) is 12.8. The lowest BCUT2D eigenvalue weighted by Crippen LogP contribution is -2.33. The number of carbonyl (C=O) groups is 1. The second kappa shape index (κ2) is 6.85. The van der Waals surface area contributed by atoms with Crippen LogP contribution in [0, 0.1) is 13.8 Å². The van der Waals surface area contributed by atoms with Crippen molar-refractivity contribution < 1.29 is 9.90 Å². The first-order valence-electron chi connectivity index (χ1n) is 7.50. The van der Waals surface area contributed by atoms with Crippen LogP contribution < -0.4 is 5.69 Å². The van der Waals surface area contributed by atoms with E-state index in [1.165, 1.54) is 12.8 Å². The molecule has 0 aliphatic carbocycles. The van der Waals surface area contributed by atoms with E-state index in [4.69, 9.17) is 5.11 Å². The molecule has 0 aromatic carbocycles. The third-order valence-electron chi connectivity index (χ3n) is 4.20. The molecular formula is C15H23N3O3. The number of hydrogen-bond donors (Lipinski definition) is 1. The van der Waals surface area contributed by atoms with Crippen molar-refractivity contribution in [2.45, 2.75) is 46.1 Å². The van der Waals surface area contributed by atoms with E-state index in [1.54, 1.807) is 11.5 Å². The van der Waals surface area contributed by atoms with Gasteiger partial charge in [-0.3, -0.25) is 9.36 Å². The molecule has 0 unspecified atom stereocenters. The normalized spacial score (nSPS) is 15.5. The molecule has 0 radical (unpaired) electrons. The van der Waals surface area contributed by atoms with Gasteiger partial charge in [0.1, 0.15) is 0 Å². The van der Waals surface area contributed by atoms with E-state index in [0.717, 1.165) is 30.9 Å². The van der Waals surface area contributed by atoms with Gasteiger partial charge in [-0.15, -0.1) is 0 Å². The number of carboxylic acids is 1. The first-order chi connectivity index (χ1) is 9.99. The van der Waals surface area contributed by atoms with Crippen molar-refractivity contribution in [1.82, 2.24) is 14.5 Å². The topological polar surface area (TPSA) is 75.4 Å². The second-order valence-corrected chi connectivity index (χ2v) is 5.64. The van der Waals surface area contributed by atoms with Gasteiger partial charge in [0.25, 0.3) is 0 Å². The van der Waals surface area contributed by atoms with Gasteiger partial charge in [-0.05, 0) is 51.8 Å². The van der Waals surface area contributed by atoms with E-state index in [2.05, 4.69) is 9.88 Å². The van der Waals surface area contributed by atoms with E-state index in [0.29, 0.717) is 18.7 Å². The van der Waals surface area contributed by atoms with Crippen LogP contribution in [0.15, 0.2) is 4.79 Å². The Bertz CT molecular complexity index is 574. The Morgan fingerprint density at radius 1 is 1.24 bits per heavy atom. The first kappa shape index (κ1) is 15.7. The minimum absolute atomic E-state index is 0.0632. The average Bonchev–Trinajstić information content (AvgIpc) is 2.90. The second-order valence-electron chi connectivity index (χ2n) is 5.64. The number of aliphatic carboxylic acids is 1. The van der Waals surface area contributed by atoms with Crippen LogP contribution in [-0.4, -0.2) is 45.2 Å². The minimum atomic E-state index is -0.830. The Labute approximate surface area is 124 Å². The molecule has 1 N–H and O–H groups in total. The minimum Gasteiger partial charge on any atom is -0.481 e. The molecular weight excluding hydrogens is 270 g/mol. The fourth-order valence-corrected chi connectivity index (χ4v) is 2.94. The molecule has 6 heteroatoms. The van der Waals surface area contributed by atoms with Crippen LogP contribution in [0.1, 0.15) is 36.2 Å². The summed E-state index contributed by atoms with van der Waals surface area (Å²) in [4.78, 5) is 29.2. The number of likely N-dealkylation sites (tertiary alicyclic amines) is 1. The van der Waals surface area contributed by atoms with Crippen molar-refractivity contribution in [1.29, 1.82) is 0 Å². The molecule has 0 spiro atoms. The van der Waals surface area contributed by atoms with Gasteiger partial charge in [-0.25, -0.2) is 4.79 Å². The Morgan fingerprint density at radius 3 is 2.52 bits per heavy atom. The Balaban J connectivity index is 2.17. The fourth-order valence-electron chi connectivity index (χ4n) is 2.94. The summed E-state index contributed by atoms with van der Waals surface area (Å²) in [5.41, 5.74) is 2.16. The average molecular weight is 293 g/mol. The third kappa shape index (κ3) is 3.91. The molecule has 116 valence electrons. The molecule has 2 heterocycles. The maximum Gasteiger partial charge on any atom is 0.348 e. The number of aryl methyl sites for hydroxylation is 1. The van der Waals surface area contributed by atoms with Gasteiger partial charge in [0, 0.05) is 30.9 Å². The summed E-state index contributed by atoms with van der Waals surface area (Å²) in [5.74, 6) is -0.830. The van der Waals surface area contributed by atoms with Gasteiger partial charge >= 0.3 is 11.7 Å². The highest BCUT2D eigenvalue weighted by atomic mass is 16.4. The van der Waals surface area contributed by atoms with Crippen molar-refractivity contribution in [2.75, 3.05) is 19.6 Å². The largest absolute Gasteiger partial charge is 0.481 e. The standard InChI is InChI=1S/C15H23N3O3/c1-11-13(5-6-14(19)20)12(2)18(15(21)16-11)10-9-17-7-3-4-8-17/h3-10H2,1-2H3,(H,19,20). The summed E-state index contributed by atoms with van der Waals surface area (Å²) in [7, 11) is 0. The van der Waals surface area contributed by atoms with Crippen LogP contribution in [0.2, 0.25) is 0 Å². The molecule has 1 aliphatic heterocycles. The highest BCUT2D eigenvalue weighted by Crippen LogP contribution is 2.13. The van der Waals surface area contributed by atoms with E-state index < -0.39 is 5.97 Å². The van der Waals surface area contributed by atoms with Crippen molar-refractivity contribution in [3.8, 4) is 0 Å². The molecule has 6 nitrogen and oxygen atoms in total. The van der Waals surface area contributed by atoms with Crippen LogP contribution in [0.4, 0.5) is 0 Å². The van der Waals surface area contributed by atoms with Crippen LogP contribution >= 0.6 is 0 Å². The number of hydrogen-bond acceptors (Lipinski definition) is 4. The molecule has 1 aromatic heterocycles. The molecule has 21 heavy (non-hydrogen) atoms. The van der Waals surface area contributed by atoms with Crippen LogP contribution in [-0.2, 0) is 17.8 Å². The highest BCUT2D eigenvalue weighted by molar-refractivity contribution is 5.67. The van der Waals surface area contributed by atoms with Gasteiger partial charge in [0.15, 0.2) is 0 Å². The predicted molar refractivity (Wildman–Crippen MR) is 79.6 cm³/mol. The fraction of sp³-hybridized carbons (Fsp3) is 0.667. The number of rotatable bonds is 6. The Kier molecular flexibility index (Phi) is 5.12.